The van der Waals surface area contributed by atoms with Gasteiger partial charge in [-0.1, -0.05) is 18.9 Å². The highest BCUT2D eigenvalue weighted by Crippen LogP contribution is 2.44. The van der Waals surface area contributed by atoms with Crippen LogP contribution in [0.25, 0.3) is 0 Å². The molecule has 0 bridgehead atoms. The molecular weight excluding hydrogens is 298 g/mol. The van der Waals surface area contributed by atoms with E-state index in [9.17, 15) is 9.59 Å². The van der Waals surface area contributed by atoms with Gasteiger partial charge in [-0.2, -0.15) is 0 Å². The molecule has 0 aromatic heterocycles. The second-order valence-electron chi connectivity index (χ2n) is 5.89. The lowest BCUT2D eigenvalue weighted by molar-refractivity contribution is -0.142. The molecule has 0 heterocycles. The Bertz CT molecular complexity index is 593. The summed E-state index contributed by atoms with van der Waals surface area (Å²) < 4.78 is 10.6. The van der Waals surface area contributed by atoms with Crippen LogP contribution in [0.2, 0.25) is 0 Å². The van der Waals surface area contributed by atoms with Gasteiger partial charge in [0.25, 0.3) is 0 Å². The summed E-state index contributed by atoms with van der Waals surface area (Å²) in [6.07, 6.45) is 3.26. The zero-order chi connectivity index (χ0) is 17.0. The van der Waals surface area contributed by atoms with Crippen molar-refractivity contribution in [2.75, 3.05) is 14.2 Å². The molecule has 2 rings (SSSR count). The van der Waals surface area contributed by atoms with E-state index in [0.29, 0.717) is 24.3 Å². The summed E-state index contributed by atoms with van der Waals surface area (Å²) in [6.45, 7) is 1.47. The zero-order valence-corrected chi connectivity index (χ0v) is 13.7. The first-order valence-corrected chi connectivity index (χ1v) is 7.71. The predicted molar refractivity (Wildman–Crippen MR) is 84.9 cm³/mol. The topological polar surface area (TPSA) is 84.9 Å². The van der Waals surface area contributed by atoms with E-state index in [1.54, 1.807) is 20.3 Å². The lowest BCUT2D eigenvalue weighted by Crippen LogP contribution is -2.48. The number of hydrogen-bond acceptors (Lipinski definition) is 4. The molecule has 1 aliphatic carbocycles. The molecule has 1 aromatic rings. The summed E-state index contributed by atoms with van der Waals surface area (Å²) in [4.78, 5) is 23.8. The second kappa shape index (κ2) is 6.89. The Morgan fingerprint density at radius 3 is 2.30 bits per heavy atom. The number of rotatable bonds is 6. The van der Waals surface area contributed by atoms with Gasteiger partial charge in [0.05, 0.1) is 19.6 Å². The standard InChI is InChI=1S/C17H23NO5/c1-11(15(19)20)18-16(21)17(8-4-5-9-17)12-6-7-13(22-2)14(10-12)23-3/h6-7,10-11H,4-5,8-9H2,1-3H3,(H,18,21)(H,19,20). The fourth-order valence-corrected chi connectivity index (χ4v) is 3.16. The van der Waals surface area contributed by atoms with Crippen LogP contribution in [0.15, 0.2) is 18.2 Å². The summed E-state index contributed by atoms with van der Waals surface area (Å²) in [5, 5.41) is 11.6. The number of carboxylic acid groups (broad SMARTS) is 1. The molecule has 1 fully saturated rings. The van der Waals surface area contributed by atoms with Crippen LogP contribution >= 0.6 is 0 Å². The maximum absolute atomic E-state index is 12.8. The Balaban J connectivity index is 2.37. The van der Waals surface area contributed by atoms with Crippen molar-refractivity contribution in [3.63, 3.8) is 0 Å². The van der Waals surface area contributed by atoms with Crippen molar-refractivity contribution in [3.05, 3.63) is 23.8 Å². The summed E-state index contributed by atoms with van der Waals surface area (Å²) >= 11 is 0. The molecule has 23 heavy (non-hydrogen) atoms. The molecule has 0 aliphatic heterocycles. The van der Waals surface area contributed by atoms with Crippen molar-refractivity contribution in [1.82, 2.24) is 5.32 Å². The zero-order valence-electron chi connectivity index (χ0n) is 13.7. The Labute approximate surface area is 135 Å². The molecule has 6 heteroatoms. The monoisotopic (exact) mass is 321 g/mol. The van der Waals surface area contributed by atoms with E-state index in [1.807, 2.05) is 12.1 Å². The van der Waals surface area contributed by atoms with Gasteiger partial charge in [0.15, 0.2) is 11.5 Å². The maximum atomic E-state index is 12.8. The van der Waals surface area contributed by atoms with Crippen LogP contribution in [0.5, 0.6) is 11.5 Å². The van der Waals surface area contributed by atoms with E-state index in [0.717, 1.165) is 18.4 Å². The fraction of sp³-hybridized carbons (Fsp3) is 0.529. The van der Waals surface area contributed by atoms with Crippen molar-refractivity contribution < 1.29 is 24.2 Å². The number of benzene rings is 1. The summed E-state index contributed by atoms with van der Waals surface area (Å²) in [5.41, 5.74) is 0.131. The minimum atomic E-state index is -1.04. The second-order valence-corrected chi connectivity index (χ2v) is 5.89. The van der Waals surface area contributed by atoms with Gasteiger partial charge in [-0.15, -0.1) is 0 Å². The number of carbonyl (C=O) groups excluding carboxylic acids is 1. The molecule has 1 saturated carbocycles. The van der Waals surface area contributed by atoms with E-state index < -0.39 is 17.4 Å². The minimum Gasteiger partial charge on any atom is -0.493 e. The molecule has 1 unspecified atom stereocenters. The molecule has 1 amide bonds. The largest absolute Gasteiger partial charge is 0.493 e. The van der Waals surface area contributed by atoms with Gasteiger partial charge in [-0.05, 0) is 37.5 Å². The summed E-state index contributed by atoms with van der Waals surface area (Å²) in [6, 6.07) is 4.54. The highest BCUT2D eigenvalue weighted by molar-refractivity contribution is 5.91. The molecule has 0 saturated heterocycles. The summed E-state index contributed by atoms with van der Waals surface area (Å²) in [5.74, 6) is -0.116. The van der Waals surface area contributed by atoms with Crippen LogP contribution in [0.1, 0.15) is 38.2 Å². The molecule has 0 spiro atoms. The van der Waals surface area contributed by atoms with Crippen molar-refractivity contribution in [2.45, 2.75) is 44.1 Å². The van der Waals surface area contributed by atoms with E-state index in [2.05, 4.69) is 5.32 Å². The summed E-state index contributed by atoms with van der Waals surface area (Å²) in [7, 11) is 3.11. The Kier molecular flexibility index (Phi) is 5.13. The highest BCUT2D eigenvalue weighted by Gasteiger charge is 2.43. The number of carboxylic acids is 1. The number of hydrogen-bond donors (Lipinski definition) is 2. The molecule has 6 nitrogen and oxygen atoms in total. The number of ether oxygens (including phenoxy) is 2. The Morgan fingerprint density at radius 1 is 1.17 bits per heavy atom. The minimum absolute atomic E-state index is 0.239. The number of amides is 1. The molecule has 1 atom stereocenters. The van der Waals surface area contributed by atoms with E-state index >= 15 is 0 Å². The number of aliphatic carboxylic acids is 1. The van der Waals surface area contributed by atoms with Gasteiger partial charge in [-0.3, -0.25) is 9.59 Å². The third-order valence-corrected chi connectivity index (χ3v) is 4.55. The fourth-order valence-electron chi connectivity index (χ4n) is 3.16. The van der Waals surface area contributed by atoms with Crippen LogP contribution in [0.4, 0.5) is 0 Å². The van der Waals surface area contributed by atoms with E-state index in [4.69, 9.17) is 14.6 Å². The smallest absolute Gasteiger partial charge is 0.325 e. The Hall–Kier alpha value is -2.24. The van der Waals surface area contributed by atoms with Crippen LogP contribution in [0.3, 0.4) is 0 Å². The number of nitrogens with one attached hydrogen (secondary N) is 1. The average molecular weight is 321 g/mol. The van der Waals surface area contributed by atoms with Crippen molar-refractivity contribution >= 4 is 11.9 Å². The average Bonchev–Trinajstić information content (AvgIpc) is 3.04. The maximum Gasteiger partial charge on any atom is 0.325 e. The number of carbonyl (C=O) groups is 2. The van der Waals surface area contributed by atoms with E-state index in [-0.39, 0.29) is 5.91 Å². The quantitative estimate of drug-likeness (QED) is 0.838. The van der Waals surface area contributed by atoms with Crippen LogP contribution < -0.4 is 14.8 Å². The van der Waals surface area contributed by atoms with Crippen molar-refractivity contribution in [2.24, 2.45) is 0 Å². The Morgan fingerprint density at radius 2 is 1.78 bits per heavy atom. The van der Waals surface area contributed by atoms with Crippen molar-refractivity contribution in [3.8, 4) is 11.5 Å². The predicted octanol–water partition coefficient (Wildman–Crippen LogP) is 2.10. The molecular formula is C17H23NO5. The van der Waals surface area contributed by atoms with Gasteiger partial charge in [-0.25, -0.2) is 0 Å². The third kappa shape index (κ3) is 3.25. The molecule has 126 valence electrons. The van der Waals surface area contributed by atoms with Crippen molar-refractivity contribution in [1.29, 1.82) is 0 Å². The lowest BCUT2D eigenvalue weighted by atomic mass is 9.77. The van der Waals surface area contributed by atoms with E-state index in [1.165, 1.54) is 6.92 Å². The van der Waals surface area contributed by atoms with Crippen LogP contribution in [-0.4, -0.2) is 37.2 Å². The van der Waals surface area contributed by atoms with Gasteiger partial charge in [0.2, 0.25) is 5.91 Å². The normalized spacial score (nSPS) is 17.3. The number of methoxy groups -OCH3 is 2. The third-order valence-electron chi connectivity index (χ3n) is 4.55. The van der Waals surface area contributed by atoms with Gasteiger partial charge in [0.1, 0.15) is 6.04 Å². The van der Waals surface area contributed by atoms with Crippen LogP contribution in [-0.2, 0) is 15.0 Å². The van der Waals surface area contributed by atoms with Gasteiger partial charge in [0, 0.05) is 0 Å². The first-order valence-electron chi connectivity index (χ1n) is 7.71. The van der Waals surface area contributed by atoms with Crippen LogP contribution in [0, 0.1) is 0 Å². The highest BCUT2D eigenvalue weighted by atomic mass is 16.5. The first kappa shape index (κ1) is 17.1. The van der Waals surface area contributed by atoms with Gasteiger partial charge >= 0.3 is 5.97 Å². The molecule has 1 aromatic carbocycles. The van der Waals surface area contributed by atoms with Gasteiger partial charge < -0.3 is 19.9 Å². The SMILES string of the molecule is COc1ccc(C2(C(=O)NC(C)C(=O)O)CCCC2)cc1OC. The first-order chi connectivity index (χ1) is 10.9. The molecule has 1 aliphatic rings. The molecule has 0 radical (unpaired) electrons. The molecule has 2 N–H and O–H groups in total. The lowest BCUT2D eigenvalue weighted by Gasteiger charge is -2.29.